The molecule has 0 amide bonds. The minimum Gasteiger partial charge on any atom is -0.228 e. The molecule has 1 aromatic rings. The normalized spacial score (nSPS) is 8.44. The van der Waals surface area contributed by atoms with Crippen LogP contribution in [0, 0.1) is 12.3 Å². The van der Waals surface area contributed by atoms with E-state index < -0.39 is 0 Å². The average molecular weight is 138 g/mol. The summed E-state index contributed by atoms with van der Waals surface area (Å²) in [7, 11) is 0. The quantitative estimate of drug-likeness (QED) is 0.500. The van der Waals surface area contributed by atoms with Crippen LogP contribution in [0.3, 0.4) is 0 Å². The zero-order valence-corrected chi connectivity index (χ0v) is 5.18. The number of halogens is 1. The fraction of sp³-hybridized carbons (Fsp3) is 0. The largest absolute Gasteiger partial charge is 0.228 e. The average Bonchev–Trinajstić information content (AvgIpc) is 1.90. The molecule has 0 spiro atoms. The van der Waals surface area contributed by atoms with Crippen LogP contribution in [-0.2, 0) is 0 Å². The highest BCUT2D eigenvalue weighted by Crippen LogP contribution is 2.01. The van der Waals surface area contributed by atoms with Gasteiger partial charge in [-0.25, -0.2) is 9.97 Å². The van der Waals surface area contributed by atoms with Gasteiger partial charge in [-0.05, 0) is 12.3 Å². The predicted octanol–water partition coefficient (Wildman–Crippen LogP) is 1.07. The lowest BCUT2D eigenvalue weighted by molar-refractivity contribution is 1.13. The van der Waals surface area contributed by atoms with Crippen molar-refractivity contribution in [3.8, 4) is 5.92 Å². The van der Waals surface area contributed by atoms with E-state index in [1.165, 1.54) is 12.4 Å². The first-order valence-electron chi connectivity index (χ1n) is 2.23. The van der Waals surface area contributed by atoms with E-state index in [4.69, 9.17) is 18.0 Å². The van der Waals surface area contributed by atoms with Crippen molar-refractivity contribution in [3.63, 3.8) is 0 Å². The second-order valence-corrected chi connectivity index (χ2v) is 1.79. The van der Waals surface area contributed by atoms with E-state index in [0.717, 1.165) is 0 Å². The van der Waals surface area contributed by atoms with Crippen molar-refractivity contribution in [3.05, 3.63) is 29.7 Å². The van der Waals surface area contributed by atoms with Gasteiger partial charge in [-0.2, -0.15) is 0 Å². The molecule has 43 valence electrons. The predicted molar refractivity (Wildman–Crippen MR) is 33.3 cm³/mol. The second kappa shape index (κ2) is 2.47. The van der Waals surface area contributed by atoms with Gasteiger partial charge in [0, 0.05) is 0 Å². The molecule has 1 heterocycles. The van der Waals surface area contributed by atoms with Gasteiger partial charge in [0.15, 0.2) is 0 Å². The van der Waals surface area contributed by atoms with E-state index in [2.05, 4.69) is 9.97 Å². The van der Waals surface area contributed by atoms with Crippen molar-refractivity contribution >= 4 is 11.6 Å². The minimum atomic E-state index is 0.249. The molecule has 2 nitrogen and oxygen atoms in total. The molecule has 3 heteroatoms. The van der Waals surface area contributed by atoms with Crippen LogP contribution in [0.2, 0.25) is 5.02 Å². The van der Waals surface area contributed by atoms with Crippen LogP contribution < -0.4 is 0 Å². The molecule has 0 aromatic carbocycles. The summed E-state index contributed by atoms with van der Waals surface area (Å²) in [6, 6.07) is 0. The molecule has 0 unspecified atom stereocenters. The van der Waals surface area contributed by atoms with Gasteiger partial charge in [0.1, 0.15) is 0 Å². The maximum absolute atomic E-state index is 6.60. The third-order valence-electron chi connectivity index (χ3n) is 0.732. The summed E-state index contributed by atoms with van der Waals surface area (Å²) in [5, 5.41) is 0.467. The zero-order chi connectivity index (χ0) is 6.69. The van der Waals surface area contributed by atoms with Crippen LogP contribution in [0.1, 0.15) is 5.82 Å². The van der Waals surface area contributed by atoms with Crippen molar-refractivity contribution in [1.29, 1.82) is 0 Å². The van der Waals surface area contributed by atoms with Gasteiger partial charge in [0.05, 0.1) is 17.4 Å². The maximum Gasteiger partial charge on any atom is 0.205 e. The summed E-state index contributed by atoms with van der Waals surface area (Å²) in [5.74, 6) is 2.27. The molecular weight excluding hydrogens is 136 g/mol. The molecule has 0 fully saturated rings. The summed E-state index contributed by atoms with van der Waals surface area (Å²) in [6.07, 6.45) is 9.44. The van der Waals surface area contributed by atoms with Crippen LogP contribution in [0.15, 0.2) is 12.4 Å². The Morgan fingerprint density at radius 2 is 2.00 bits per heavy atom. The van der Waals surface area contributed by atoms with Gasteiger partial charge in [-0.3, -0.25) is 0 Å². The van der Waals surface area contributed by atoms with Crippen molar-refractivity contribution in [2.75, 3.05) is 0 Å². The molecule has 1 radical (unpaired) electrons. The summed E-state index contributed by atoms with van der Waals surface area (Å²) in [6.45, 7) is 0. The maximum atomic E-state index is 6.60. The van der Waals surface area contributed by atoms with Crippen molar-refractivity contribution in [2.24, 2.45) is 0 Å². The molecule has 0 aliphatic heterocycles. The molecule has 0 aliphatic carbocycles. The van der Waals surface area contributed by atoms with Crippen LogP contribution in [-0.4, -0.2) is 9.97 Å². The monoisotopic (exact) mass is 137 g/mol. The third kappa shape index (κ3) is 1.41. The highest BCUT2D eigenvalue weighted by molar-refractivity contribution is 6.30. The third-order valence-corrected chi connectivity index (χ3v) is 0.927. The molecular formula is C6H2ClN2. The van der Waals surface area contributed by atoms with Gasteiger partial charge < -0.3 is 0 Å². The highest BCUT2D eigenvalue weighted by atomic mass is 35.5. The van der Waals surface area contributed by atoms with Crippen LogP contribution >= 0.6 is 11.6 Å². The first-order chi connectivity index (χ1) is 4.33. The molecule has 1 aromatic heterocycles. The lowest BCUT2D eigenvalue weighted by atomic mass is 10.6. The number of nitrogens with zero attached hydrogens (tertiary/aromatic N) is 2. The fourth-order valence-corrected chi connectivity index (χ4v) is 0.474. The Balaban J connectivity index is 3.06. The van der Waals surface area contributed by atoms with Crippen molar-refractivity contribution < 1.29 is 0 Å². The zero-order valence-electron chi connectivity index (χ0n) is 4.43. The Hall–Kier alpha value is -1.07. The second-order valence-electron chi connectivity index (χ2n) is 1.35. The first kappa shape index (κ1) is 6.06. The van der Waals surface area contributed by atoms with Gasteiger partial charge in [0.2, 0.25) is 5.82 Å². The molecule has 0 saturated carbocycles. The van der Waals surface area contributed by atoms with E-state index in [9.17, 15) is 0 Å². The van der Waals surface area contributed by atoms with E-state index in [1.807, 2.05) is 5.92 Å². The SMILES string of the molecule is [C]#Cc1ncc(Cl)cn1. The standard InChI is InChI=1S/C6H2ClN2/c1-2-6-8-3-5(7)4-9-6/h3-4H. The Kier molecular flexibility index (Phi) is 1.66. The number of rotatable bonds is 0. The molecule has 0 bridgehead atoms. The number of hydrogen-bond donors (Lipinski definition) is 0. The molecule has 0 atom stereocenters. The summed E-state index contributed by atoms with van der Waals surface area (Å²) < 4.78 is 0. The Bertz CT molecular complexity index is 234. The van der Waals surface area contributed by atoms with E-state index in [1.54, 1.807) is 0 Å². The first-order valence-corrected chi connectivity index (χ1v) is 2.61. The molecule has 1 rings (SSSR count). The lowest BCUT2D eigenvalue weighted by Gasteiger charge is -1.85. The van der Waals surface area contributed by atoms with Crippen LogP contribution in [0.25, 0.3) is 0 Å². The molecule has 9 heavy (non-hydrogen) atoms. The van der Waals surface area contributed by atoms with E-state index in [0.29, 0.717) is 5.02 Å². The fourth-order valence-electron chi connectivity index (χ4n) is 0.377. The summed E-state index contributed by atoms with van der Waals surface area (Å²) in [5.41, 5.74) is 0. The topological polar surface area (TPSA) is 25.8 Å². The van der Waals surface area contributed by atoms with Crippen LogP contribution in [0.5, 0.6) is 0 Å². The minimum absolute atomic E-state index is 0.249. The van der Waals surface area contributed by atoms with Gasteiger partial charge in [-0.15, -0.1) is 0 Å². The Labute approximate surface area is 57.9 Å². The Morgan fingerprint density at radius 1 is 1.44 bits per heavy atom. The van der Waals surface area contributed by atoms with Crippen molar-refractivity contribution in [2.45, 2.75) is 0 Å². The van der Waals surface area contributed by atoms with Crippen LogP contribution in [0.4, 0.5) is 0 Å². The number of aromatic nitrogens is 2. The summed E-state index contributed by atoms with van der Waals surface area (Å²) >= 11 is 5.45. The highest BCUT2D eigenvalue weighted by Gasteiger charge is 1.87. The van der Waals surface area contributed by atoms with Gasteiger partial charge in [0.25, 0.3) is 0 Å². The summed E-state index contributed by atoms with van der Waals surface area (Å²) in [4.78, 5) is 7.31. The van der Waals surface area contributed by atoms with E-state index >= 15 is 0 Å². The van der Waals surface area contributed by atoms with E-state index in [-0.39, 0.29) is 5.82 Å². The van der Waals surface area contributed by atoms with Gasteiger partial charge >= 0.3 is 0 Å². The molecule has 0 aliphatic rings. The smallest absolute Gasteiger partial charge is 0.205 e. The molecule has 0 N–H and O–H groups in total. The molecule has 0 saturated heterocycles. The van der Waals surface area contributed by atoms with Crippen molar-refractivity contribution in [1.82, 2.24) is 9.97 Å². The Morgan fingerprint density at radius 3 is 2.44 bits per heavy atom. The van der Waals surface area contributed by atoms with Gasteiger partial charge in [-0.1, -0.05) is 11.6 Å². The lowest BCUT2D eigenvalue weighted by Crippen LogP contribution is -1.84. The number of hydrogen-bond acceptors (Lipinski definition) is 2.